The Labute approximate surface area is 133 Å². The van der Waals surface area contributed by atoms with E-state index in [9.17, 15) is 9.59 Å². The summed E-state index contributed by atoms with van der Waals surface area (Å²) in [5.41, 5.74) is 0.682. The van der Waals surface area contributed by atoms with E-state index in [1.54, 1.807) is 12.1 Å². The molecule has 1 aliphatic rings. The van der Waals surface area contributed by atoms with E-state index in [4.69, 9.17) is 5.11 Å². The molecular formula is C14H13BrN2O3S. The summed E-state index contributed by atoms with van der Waals surface area (Å²) in [7, 11) is 0. The van der Waals surface area contributed by atoms with Crippen LogP contribution in [0.4, 0.5) is 5.00 Å². The molecule has 2 aromatic heterocycles. The van der Waals surface area contributed by atoms with E-state index in [-0.39, 0.29) is 11.5 Å². The molecule has 2 heterocycles. The fraction of sp³-hybridized carbons (Fsp3) is 0.286. The molecule has 0 aromatic carbocycles. The van der Waals surface area contributed by atoms with Crippen molar-refractivity contribution in [3.63, 3.8) is 0 Å². The van der Waals surface area contributed by atoms with E-state index in [0.717, 1.165) is 22.2 Å². The molecule has 1 saturated carbocycles. The third-order valence-electron chi connectivity index (χ3n) is 3.30. The van der Waals surface area contributed by atoms with E-state index in [1.807, 2.05) is 17.7 Å². The Kier molecular flexibility index (Phi) is 3.62. The molecular weight excluding hydrogens is 356 g/mol. The van der Waals surface area contributed by atoms with Crippen LogP contribution in [0, 0.1) is 6.92 Å². The maximum Gasteiger partial charge on any atom is 0.338 e. The Morgan fingerprint density at radius 1 is 1.43 bits per heavy atom. The quantitative estimate of drug-likeness (QED) is 0.859. The van der Waals surface area contributed by atoms with Crippen LogP contribution < -0.4 is 5.32 Å². The Balaban J connectivity index is 1.88. The lowest BCUT2D eigenvalue weighted by molar-refractivity contribution is 0.0698. The highest BCUT2D eigenvalue weighted by Gasteiger charge is 2.28. The molecule has 2 N–H and O–H groups in total. The van der Waals surface area contributed by atoms with Crippen LogP contribution in [0.1, 0.15) is 44.6 Å². The van der Waals surface area contributed by atoms with Crippen LogP contribution in [0.15, 0.2) is 22.8 Å². The Hall–Kier alpha value is -1.60. The van der Waals surface area contributed by atoms with Gasteiger partial charge in [-0.15, -0.1) is 11.3 Å². The second-order valence-electron chi connectivity index (χ2n) is 5.04. The first kappa shape index (κ1) is 14.3. The van der Waals surface area contributed by atoms with Crippen molar-refractivity contribution in [2.75, 3.05) is 5.32 Å². The number of carboxylic acids is 1. The number of halogens is 1. The fourth-order valence-electron chi connectivity index (χ4n) is 2.22. The molecule has 7 heteroatoms. The van der Waals surface area contributed by atoms with Gasteiger partial charge in [0.15, 0.2) is 0 Å². The number of hydrogen-bond acceptors (Lipinski definition) is 3. The van der Waals surface area contributed by atoms with E-state index in [1.165, 1.54) is 11.3 Å². The molecule has 1 fully saturated rings. The lowest BCUT2D eigenvalue weighted by Gasteiger charge is -2.08. The minimum absolute atomic E-state index is 0.134. The lowest BCUT2D eigenvalue weighted by Crippen LogP contribution is -2.17. The summed E-state index contributed by atoms with van der Waals surface area (Å²) in [5.74, 6) is -1.31. The number of rotatable bonds is 4. The third-order valence-corrected chi connectivity index (χ3v) is 4.70. The van der Waals surface area contributed by atoms with E-state index in [0.29, 0.717) is 16.7 Å². The van der Waals surface area contributed by atoms with Crippen LogP contribution >= 0.6 is 27.3 Å². The highest BCUT2D eigenvalue weighted by atomic mass is 79.9. The molecule has 0 saturated heterocycles. The lowest BCUT2D eigenvalue weighted by atomic mass is 10.3. The van der Waals surface area contributed by atoms with Crippen LogP contribution in [0.25, 0.3) is 0 Å². The van der Waals surface area contributed by atoms with Gasteiger partial charge < -0.3 is 15.0 Å². The number of carboxylic acid groups (broad SMARTS) is 1. The van der Waals surface area contributed by atoms with Crippen LogP contribution in [0.5, 0.6) is 0 Å². The summed E-state index contributed by atoms with van der Waals surface area (Å²) < 4.78 is 2.79. The zero-order valence-corrected chi connectivity index (χ0v) is 13.6. The van der Waals surface area contributed by atoms with Crippen molar-refractivity contribution < 1.29 is 14.7 Å². The van der Waals surface area contributed by atoms with Crippen LogP contribution in [0.3, 0.4) is 0 Å². The topological polar surface area (TPSA) is 71.3 Å². The minimum atomic E-state index is -1.03. The molecule has 0 radical (unpaired) electrons. The molecule has 110 valence electrons. The second kappa shape index (κ2) is 5.31. The minimum Gasteiger partial charge on any atom is -0.478 e. The maximum atomic E-state index is 12.4. The summed E-state index contributed by atoms with van der Waals surface area (Å²) in [6.07, 6.45) is 4.03. The first-order chi connectivity index (χ1) is 9.95. The van der Waals surface area contributed by atoms with Gasteiger partial charge in [0.05, 0.1) is 5.56 Å². The fourth-order valence-corrected chi connectivity index (χ4v) is 3.55. The van der Waals surface area contributed by atoms with Crippen molar-refractivity contribution in [1.29, 1.82) is 0 Å². The predicted octanol–water partition coefficient (Wildman–Crippen LogP) is 3.91. The first-order valence-corrected chi connectivity index (χ1v) is 8.09. The number of hydrogen-bond donors (Lipinski definition) is 2. The van der Waals surface area contributed by atoms with Gasteiger partial charge in [0.25, 0.3) is 5.91 Å². The highest BCUT2D eigenvalue weighted by Crippen LogP contribution is 2.38. The Morgan fingerprint density at radius 3 is 2.76 bits per heavy atom. The number of aromatic nitrogens is 1. The number of nitrogens with zero attached hydrogens (tertiary/aromatic N) is 1. The summed E-state index contributed by atoms with van der Waals surface area (Å²) in [4.78, 5) is 24.5. The molecule has 5 nitrogen and oxygen atoms in total. The Morgan fingerprint density at radius 2 is 2.14 bits per heavy atom. The molecule has 0 unspecified atom stereocenters. The van der Waals surface area contributed by atoms with Gasteiger partial charge in [0.2, 0.25) is 0 Å². The molecule has 1 amide bonds. The summed E-state index contributed by atoms with van der Waals surface area (Å²) in [5, 5.41) is 12.3. The van der Waals surface area contributed by atoms with E-state index in [2.05, 4.69) is 21.2 Å². The van der Waals surface area contributed by atoms with Crippen molar-refractivity contribution in [2.24, 2.45) is 0 Å². The SMILES string of the molecule is Cc1cc(C(=O)O)c(NC(=O)c2cc(Br)cn2C2CC2)s1. The zero-order valence-electron chi connectivity index (χ0n) is 11.2. The van der Waals surface area contributed by atoms with Gasteiger partial charge in [-0.05, 0) is 47.8 Å². The van der Waals surface area contributed by atoms with Gasteiger partial charge in [0, 0.05) is 21.6 Å². The number of aromatic carboxylic acids is 1. The Bertz CT molecular complexity index is 731. The van der Waals surface area contributed by atoms with Crippen LogP contribution in [0.2, 0.25) is 0 Å². The normalized spacial score (nSPS) is 14.2. The summed E-state index contributed by atoms with van der Waals surface area (Å²) in [6.45, 7) is 1.82. The molecule has 0 aliphatic heterocycles. The smallest absolute Gasteiger partial charge is 0.338 e. The predicted molar refractivity (Wildman–Crippen MR) is 84.4 cm³/mol. The monoisotopic (exact) mass is 368 g/mol. The number of carbonyl (C=O) groups is 2. The first-order valence-electron chi connectivity index (χ1n) is 6.48. The van der Waals surface area contributed by atoms with Crippen LogP contribution in [-0.4, -0.2) is 21.6 Å². The average Bonchev–Trinajstić information content (AvgIpc) is 3.08. The van der Waals surface area contributed by atoms with Crippen molar-refractivity contribution in [3.05, 3.63) is 38.9 Å². The number of nitrogens with one attached hydrogen (secondary N) is 1. The van der Waals surface area contributed by atoms with Gasteiger partial charge >= 0.3 is 5.97 Å². The van der Waals surface area contributed by atoms with Gasteiger partial charge in [-0.3, -0.25) is 4.79 Å². The number of carbonyl (C=O) groups excluding carboxylic acids is 1. The third kappa shape index (κ3) is 2.89. The number of amides is 1. The molecule has 0 atom stereocenters. The molecule has 0 spiro atoms. The van der Waals surface area contributed by atoms with Gasteiger partial charge in [-0.25, -0.2) is 4.79 Å². The van der Waals surface area contributed by atoms with E-state index >= 15 is 0 Å². The second-order valence-corrected chi connectivity index (χ2v) is 7.21. The van der Waals surface area contributed by atoms with Crippen molar-refractivity contribution in [1.82, 2.24) is 4.57 Å². The molecule has 0 bridgehead atoms. The van der Waals surface area contributed by atoms with Gasteiger partial charge in [0.1, 0.15) is 10.7 Å². The summed E-state index contributed by atoms with van der Waals surface area (Å²) >= 11 is 4.65. The number of thiophene rings is 1. The standard InChI is InChI=1S/C14H13BrN2O3S/c1-7-4-10(14(19)20)13(21-7)16-12(18)11-5-8(15)6-17(11)9-2-3-9/h4-6,9H,2-3H2,1H3,(H,16,18)(H,19,20). The number of anilines is 1. The molecule has 1 aliphatic carbocycles. The van der Waals surface area contributed by atoms with Crippen molar-refractivity contribution in [2.45, 2.75) is 25.8 Å². The summed E-state index contributed by atoms with van der Waals surface area (Å²) in [6, 6.07) is 3.70. The van der Waals surface area contributed by atoms with Crippen LogP contribution in [-0.2, 0) is 0 Å². The highest BCUT2D eigenvalue weighted by molar-refractivity contribution is 9.10. The van der Waals surface area contributed by atoms with Gasteiger partial charge in [-0.2, -0.15) is 0 Å². The largest absolute Gasteiger partial charge is 0.478 e. The zero-order chi connectivity index (χ0) is 15.1. The molecule has 3 rings (SSSR count). The molecule has 2 aromatic rings. The van der Waals surface area contributed by atoms with Gasteiger partial charge in [-0.1, -0.05) is 0 Å². The average molecular weight is 369 g/mol. The van der Waals surface area contributed by atoms with Crippen molar-refractivity contribution >= 4 is 44.1 Å². The van der Waals surface area contributed by atoms with E-state index < -0.39 is 5.97 Å². The van der Waals surface area contributed by atoms with Crippen molar-refractivity contribution in [3.8, 4) is 0 Å². The number of aryl methyl sites for hydroxylation is 1. The maximum absolute atomic E-state index is 12.4. The molecule has 21 heavy (non-hydrogen) atoms.